The standard InChI is InChI=1S/C18H21FN2O2/c1-11-13(14-9-12(19)5-6-15(14)20-11)10-18(22)21-7-8-23-17-4-2-3-16(17)21/h5-6,9,16-17,20H,2-4,7-8,10H2,1H3. The Morgan fingerprint density at radius 1 is 1.43 bits per heavy atom. The van der Waals surface area contributed by atoms with Crippen LogP contribution in [0.25, 0.3) is 10.9 Å². The Morgan fingerprint density at radius 2 is 2.30 bits per heavy atom. The number of ether oxygens (including phenoxy) is 1. The van der Waals surface area contributed by atoms with Gasteiger partial charge in [-0.3, -0.25) is 4.79 Å². The molecule has 0 bridgehead atoms. The first-order chi connectivity index (χ1) is 11.1. The second-order valence-corrected chi connectivity index (χ2v) is 6.59. The number of nitrogens with one attached hydrogen (secondary N) is 1. The number of H-pyrrole nitrogens is 1. The first-order valence-corrected chi connectivity index (χ1v) is 8.31. The number of aromatic amines is 1. The van der Waals surface area contributed by atoms with E-state index in [2.05, 4.69) is 4.98 Å². The fraction of sp³-hybridized carbons (Fsp3) is 0.500. The number of fused-ring (bicyclic) bond motifs is 2. The van der Waals surface area contributed by atoms with Crippen molar-refractivity contribution < 1.29 is 13.9 Å². The van der Waals surface area contributed by atoms with Gasteiger partial charge >= 0.3 is 0 Å². The molecule has 0 radical (unpaired) electrons. The van der Waals surface area contributed by atoms with Gasteiger partial charge in [0.1, 0.15) is 5.82 Å². The highest BCUT2D eigenvalue weighted by Crippen LogP contribution is 2.31. The van der Waals surface area contributed by atoms with Crippen LogP contribution in [0.5, 0.6) is 0 Å². The van der Waals surface area contributed by atoms with Crippen LogP contribution >= 0.6 is 0 Å². The van der Waals surface area contributed by atoms with E-state index in [1.54, 1.807) is 6.07 Å². The molecule has 4 nitrogen and oxygen atoms in total. The second kappa shape index (κ2) is 5.64. The summed E-state index contributed by atoms with van der Waals surface area (Å²) in [5, 5.41) is 0.812. The number of carbonyl (C=O) groups excluding carboxylic acids is 1. The lowest BCUT2D eigenvalue weighted by Gasteiger charge is -2.37. The van der Waals surface area contributed by atoms with Gasteiger partial charge in [0.2, 0.25) is 5.91 Å². The minimum absolute atomic E-state index is 0.124. The van der Waals surface area contributed by atoms with Crippen molar-refractivity contribution >= 4 is 16.8 Å². The first kappa shape index (κ1) is 14.7. The molecule has 1 aliphatic heterocycles. The largest absolute Gasteiger partial charge is 0.374 e. The number of carbonyl (C=O) groups is 1. The molecule has 0 spiro atoms. The van der Waals surface area contributed by atoms with Crippen molar-refractivity contribution in [3.63, 3.8) is 0 Å². The molecule has 4 rings (SSSR count). The van der Waals surface area contributed by atoms with Crippen LogP contribution in [0.15, 0.2) is 18.2 Å². The van der Waals surface area contributed by atoms with Crippen molar-refractivity contribution in [2.75, 3.05) is 13.2 Å². The molecule has 2 aliphatic rings. The summed E-state index contributed by atoms with van der Waals surface area (Å²) in [6.45, 7) is 3.22. The van der Waals surface area contributed by atoms with Gasteiger partial charge in [0.15, 0.2) is 0 Å². The van der Waals surface area contributed by atoms with Crippen molar-refractivity contribution in [1.82, 2.24) is 9.88 Å². The van der Waals surface area contributed by atoms with Crippen molar-refractivity contribution in [2.45, 2.75) is 44.8 Å². The van der Waals surface area contributed by atoms with Gasteiger partial charge in [0, 0.05) is 23.1 Å². The first-order valence-electron chi connectivity index (χ1n) is 8.31. The maximum atomic E-state index is 13.6. The third-order valence-electron chi connectivity index (χ3n) is 5.21. The Balaban J connectivity index is 1.61. The van der Waals surface area contributed by atoms with E-state index in [9.17, 15) is 9.18 Å². The molecule has 1 saturated heterocycles. The average Bonchev–Trinajstić information content (AvgIpc) is 3.12. The van der Waals surface area contributed by atoms with Crippen molar-refractivity contribution in [3.05, 3.63) is 35.3 Å². The van der Waals surface area contributed by atoms with Crippen LogP contribution in [0.3, 0.4) is 0 Å². The van der Waals surface area contributed by atoms with E-state index < -0.39 is 0 Å². The summed E-state index contributed by atoms with van der Waals surface area (Å²) in [6.07, 6.45) is 3.72. The van der Waals surface area contributed by atoms with Crippen LogP contribution in [0.4, 0.5) is 4.39 Å². The summed E-state index contributed by atoms with van der Waals surface area (Å²) in [6, 6.07) is 4.90. The number of benzene rings is 1. The van der Waals surface area contributed by atoms with Gasteiger partial charge in [0.25, 0.3) is 0 Å². The molecule has 2 heterocycles. The molecule has 1 aromatic heterocycles. The zero-order chi connectivity index (χ0) is 16.0. The number of aryl methyl sites for hydroxylation is 1. The lowest BCUT2D eigenvalue weighted by Crippen LogP contribution is -2.51. The number of hydrogen-bond acceptors (Lipinski definition) is 2. The molecule has 2 fully saturated rings. The summed E-state index contributed by atoms with van der Waals surface area (Å²) in [5.41, 5.74) is 2.73. The van der Waals surface area contributed by atoms with E-state index >= 15 is 0 Å². The van der Waals surface area contributed by atoms with Crippen LogP contribution in [0, 0.1) is 12.7 Å². The zero-order valence-corrected chi connectivity index (χ0v) is 13.3. The SMILES string of the molecule is Cc1[nH]c2ccc(F)cc2c1CC(=O)N1CCOC2CCCC21. The van der Waals surface area contributed by atoms with Gasteiger partial charge in [-0.15, -0.1) is 0 Å². The average molecular weight is 316 g/mol. The van der Waals surface area contributed by atoms with Gasteiger partial charge in [0.05, 0.1) is 25.2 Å². The van der Waals surface area contributed by atoms with Crippen molar-refractivity contribution in [2.24, 2.45) is 0 Å². The minimum atomic E-state index is -0.271. The highest BCUT2D eigenvalue weighted by atomic mass is 19.1. The molecule has 122 valence electrons. The van der Waals surface area contributed by atoms with Crippen LogP contribution in [0.1, 0.15) is 30.5 Å². The van der Waals surface area contributed by atoms with Gasteiger partial charge in [-0.2, -0.15) is 0 Å². The van der Waals surface area contributed by atoms with Gasteiger partial charge in [-0.25, -0.2) is 4.39 Å². The molecule has 5 heteroatoms. The fourth-order valence-corrected chi connectivity index (χ4v) is 4.07. The Bertz CT molecular complexity index is 755. The van der Waals surface area contributed by atoms with Crippen molar-refractivity contribution in [1.29, 1.82) is 0 Å². The van der Waals surface area contributed by atoms with Gasteiger partial charge in [-0.1, -0.05) is 0 Å². The number of morpholine rings is 1. The van der Waals surface area contributed by atoms with E-state index in [1.165, 1.54) is 12.1 Å². The quantitative estimate of drug-likeness (QED) is 0.926. The van der Waals surface area contributed by atoms with E-state index in [1.807, 2.05) is 11.8 Å². The smallest absolute Gasteiger partial charge is 0.227 e. The zero-order valence-electron chi connectivity index (χ0n) is 13.3. The van der Waals surface area contributed by atoms with Crippen LogP contribution in [0.2, 0.25) is 0 Å². The highest BCUT2D eigenvalue weighted by molar-refractivity contribution is 5.90. The topological polar surface area (TPSA) is 45.3 Å². The third-order valence-corrected chi connectivity index (χ3v) is 5.21. The second-order valence-electron chi connectivity index (χ2n) is 6.59. The number of amides is 1. The summed E-state index contributed by atoms with van der Waals surface area (Å²) in [5.74, 6) is -0.147. The molecule has 1 amide bonds. The fourth-order valence-electron chi connectivity index (χ4n) is 4.07. The predicted molar refractivity (Wildman–Crippen MR) is 85.8 cm³/mol. The number of hydrogen-bond donors (Lipinski definition) is 1. The summed E-state index contributed by atoms with van der Waals surface area (Å²) in [4.78, 5) is 18.1. The summed E-state index contributed by atoms with van der Waals surface area (Å²) in [7, 11) is 0. The van der Waals surface area contributed by atoms with E-state index in [0.29, 0.717) is 19.6 Å². The molecule has 1 saturated carbocycles. The molecule has 1 aliphatic carbocycles. The predicted octanol–water partition coefficient (Wildman–Crippen LogP) is 2.94. The Hall–Kier alpha value is -1.88. The Labute approximate surface area is 134 Å². The molecule has 1 N–H and O–H groups in total. The lowest BCUT2D eigenvalue weighted by atomic mass is 10.0. The number of nitrogens with zero attached hydrogens (tertiary/aromatic N) is 1. The van der Waals surface area contributed by atoms with Crippen molar-refractivity contribution in [3.8, 4) is 0 Å². The number of halogens is 1. The third kappa shape index (κ3) is 2.53. The molecule has 1 aromatic carbocycles. The van der Waals surface area contributed by atoms with Crippen LogP contribution < -0.4 is 0 Å². The van der Waals surface area contributed by atoms with Gasteiger partial charge in [-0.05, 0) is 49.9 Å². The number of aromatic nitrogens is 1. The molecule has 2 aromatic rings. The van der Waals surface area contributed by atoms with E-state index in [4.69, 9.17) is 4.74 Å². The monoisotopic (exact) mass is 316 g/mol. The summed E-state index contributed by atoms with van der Waals surface area (Å²) < 4.78 is 19.3. The molecular weight excluding hydrogens is 295 g/mol. The molecule has 23 heavy (non-hydrogen) atoms. The molecule has 2 atom stereocenters. The summed E-state index contributed by atoms with van der Waals surface area (Å²) >= 11 is 0. The minimum Gasteiger partial charge on any atom is -0.374 e. The van der Waals surface area contributed by atoms with Crippen LogP contribution in [-0.2, 0) is 16.0 Å². The molecular formula is C18H21FN2O2. The Kier molecular flexibility index (Phi) is 3.60. The van der Waals surface area contributed by atoms with Gasteiger partial charge < -0.3 is 14.6 Å². The maximum absolute atomic E-state index is 13.6. The lowest BCUT2D eigenvalue weighted by molar-refractivity contribution is -0.143. The Morgan fingerprint density at radius 3 is 3.17 bits per heavy atom. The van der Waals surface area contributed by atoms with E-state index in [-0.39, 0.29) is 23.9 Å². The normalized spacial score (nSPS) is 24.2. The van der Waals surface area contributed by atoms with Crippen LogP contribution in [-0.4, -0.2) is 41.1 Å². The number of rotatable bonds is 2. The molecule has 2 unspecified atom stereocenters. The highest BCUT2D eigenvalue weighted by Gasteiger charge is 2.38. The maximum Gasteiger partial charge on any atom is 0.227 e. The van der Waals surface area contributed by atoms with E-state index in [0.717, 1.165) is 41.4 Å².